The highest BCUT2D eigenvalue weighted by atomic mass is 32.2. The number of nitrogens with zero attached hydrogens (tertiary/aromatic N) is 2. The van der Waals surface area contributed by atoms with Gasteiger partial charge in [-0.25, -0.2) is 4.98 Å². The Kier molecular flexibility index (Phi) is 5.18. The minimum absolute atomic E-state index is 0.192. The lowest BCUT2D eigenvalue weighted by Crippen LogP contribution is -2.44. The quantitative estimate of drug-likeness (QED) is 0.707. The maximum absolute atomic E-state index is 12.8. The van der Waals surface area contributed by atoms with Crippen molar-refractivity contribution in [1.82, 2.24) is 15.0 Å². The summed E-state index contributed by atoms with van der Waals surface area (Å²) in [6.07, 6.45) is 1.48. The van der Waals surface area contributed by atoms with Crippen molar-refractivity contribution >= 4 is 21.8 Å². The summed E-state index contributed by atoms with van der Waals surface area (Å²) < 4.78 is 30.1. The van der Waals surface area contributed by atoms with Gasteiger partial charge in [0, 0.05) is 11.8 Å². The van der Waals surface area contributed by atoms with Crippen molar-refractivity contribution in [2.75, 3.05) is 13.2 Å². The normalized spacial score (nSPS) is 18.2. The van der Waals surface area contributed by atoms with Crippen molar-refractivity contribution in [3.63, 3.8) is 0 Å². The molecule has 28 heavy (non-hydrogen) atoms. The van der Waals surface area contributed by atoms with Crippen molar-refractivity contribution in [2.45, 2.75) is 43.6 Å². The van der Waals surface area contributed by atoms with Crippen LogP contribution in [0.2, 0.25) is 0 Å². The Labute approximate surface area is 165 Å². The Bertz CT molecular complexity index is 975. The second-order valence-corrected chi connectivity index (χ2v) is 8.56. The van der Waals surface area contributed by atoms with Gasteiger partial charge in [0.25, 0.3) is 0 Å². The van der Waals surface area contributed by atoms with E-state index in [4.69, 9.17) is 14.2 Å². The Morgan fingerprint density at radius 2 is 2.00 bits per heavy atom. The molecule has 4 rings (SSSR count). The summed E-state index contributed by atoms with van der Waals surface area (Å²) in [5, 5.41) is 0.449. The number of benzene rings is 1. The monoisotopic (exact) mass is 401 g/mol. The zero-order valence-corrected chi connectivity index (χ0v) is 16.9. The molecule has 0 amide bonds. The largest absolute Gasteiger partial charge is 0.485 e. The number of imidazole rings is 1. The third-order valence-corrected chi connectivity index (χ3v) is 5.80. The highest BCUT2D eigenvalue weighted by Crippen LogP contribution is 2.26. The molecule has 3 heterocycles. The van der Waals surface area contributed by atoms with Gasteiger partial charge in [0.05, 0.1) is 46.5 Å². The Morgan fingerprint density at radius 3 is 2.75 bits per heavy atom. The predicted octanol–water partition coefficient (Wildman–Crippen LogP) is 3.10. The van der Waals surface area contributed by atoms with E-state index in [-0.39, 0.29) is 11.9 Å². The van der Waals surface area contributed by atoms with Crippen molar-refractivity contribution < 1.29 is 18.4 Å². The van der Waals surface area contributed by atoms with E-state index in [0.717, 1.165) is 16.6 Å². The molecule has 0 aliphatic carbocycles. The second kappa shape index (κ2) is 7.62. The van der Waals surface area contributed by atoms with Crippen LogP contribution in [0.15, 0.2) is 41.7 Å². The highest BCUT2D eigenvalue weighted by Gasteiger charge is 2.29. The predicted molar refractivity (Wildman–Crippen MR) is 106 cm³/mol. The van der Waals surface area contributed by atoms with Crippen LogP contribution in [0.25, 0.3) is 11.0 Å². The van der Waals surface area contributed by atoms with E-state index in [0.29, 0.717) is 29.8 Å². The molecule has 1 aliphatic heterocycles. The average Bonchev–Trinajstić information content (AvgIpc) is 3.11. The first-order valence-electron chi connectivity index (χ1n) is 9.13. The maximum Gasteiger partial charge on any atom is 0.197 e. The lowest BCUT2D eigenvalue weighted by atomic mass is 10.2. The number of pyridine rings is 1. The van der Waals surface area contributed by atoms with Crippen LogP contribution < -0.4 is 4.74 Å². The molecule has 0 bridgehead atoms. The molecule has 1 fully saturated rings. The molecule has 1 saturated heterocycles. The smallest absolute Gasteiger partial charge is 0.197 e. The van der Waals surface area contributed by atoms with Crippen LogP contribution in [0.3, 0.4) is 0 Å². The zero-order valence-electron chi connectivity index (χ0n) is 16.1. The van der Waals surface area contributed by atoms with E-state index in [9.17, 15) is 4.21 Å². The molecule has 0 radical (unpaired) electrons. The fourth-order valence-electron chi connectivity index (χ4n) is 2.99. The van der Waals surface area contributed by atoms with Gasteiger partial charge in [0.1, 0.15) is 11.9 Å². The van der Waals surface area contributed by atoms with Crippen LogP contribution in [-0.4, -0.2) is 44.3 Å². The van der Waals surface area contributed by atoms with Crippen molar-refractivity contribution in [2.24, 2.45) is 0 Å². The Hall–Kier alpha value is -2.29. The zero-order chi connectivity index (χ0) is 19.7. The minimum Gasteiger partial charge on any atom is -0.485 e. The molecule has 1 unspecified atom stereocenters. The SMILES string of the molecule is Cc1c(OC2COC(C)(C)OC2)ccnc1CS(=O)c1nc2ccccc2[nH]1. The molecule has 2 aromatic heterocycles. The summed E-state index contributed by atoms with van der Waals surface area (Å²) in [7, 11) is -1.34. The lowest BCUT2D eigenvalue weighted by Gasteiger charge is -2.35. The number of aromatic nitrogens is 3. The van der Waals surface area contributed by atoms with E-state index >= 15 is 0 Å². The number of rotatable bonds is 5. The Morgan fingerprint density at radius 1 is 1.25 bits per heavy atom. The van der Waals surface area contributed by atoms with Gasteiger partial charge in [0.2, 0.25) is 0 Å². The number of ether oxygens (including phenoxy) is 3. The minimum atomic E-state index is -1.34. The molecule has 148 valence electrons. The van der Waals surface area contributed by atoms with Gasteiger partial charge in [0.15, 0.2) is 10.9 Å². The van der Waals surface area contributed by atoms with Gasteiger partial charge in [-0.1, -0.05) is 12.1 Å². The molecule has 1 atom stereocenters. The summed E-state index contributed by atoms with van der Waals surface area (Å²) >= 11 is 0. The van der Waals surface area contributed by atoms with Crippen LogP contribution in [0.5, 0.6) is 5.75 Å². The highest BCUT2D eigenvalue weighted by molar-refractivity contribution is 7.84. The van der Waals surface area contributed by atoms with Gasteiger partial charge in [-0.05, 0) is 39.0 Å². The summed E-state index contributed by atoms with van der Waals surface area (Å²) in [6, 6.07) is 9.43. The molecule has 3 aromatic rings. The van der Waals surface area contributed by atoms with Crippen LogP contribution in [-0.2, 0) is 26.0 Å². The summed E-state index contributed by atoms with van der Waals surface area (Å²) in [5.41, 5.74) is 3.24. The van der Waals surface area contributed by atoms with Crippen molar-refractivity contribution in [1.29, 1.82) is 0 Å². The average molecular weight is 401 g/mol. The molecule has 7 nitrogen and oxygen atoms in total. The first kappa shape index (κ1) is 19.0. The molecular formula is C20H23N3O4S. The van der Waals surface area contributed by atoms with Crippen molar-refractivity contribution in [3.8, 4) is 5.75 Å². The van der Waals surface area contributed by atoms with Crippen molar-refractivity contribution in [3.05, 3.63) is 47.8 Å². The topological polar surface area (TPSA) is 86.3 Å². The third kappa shape index (κ3) is 4.09. The molecular weight excluding hydrogens is 378 g/mol. The first-order chi connectivity index (χ1) is 13.4. The molecule has 8 heteroatoms. The van der Waals surface area contributed by atoms with Crippen LogP contribution in [0, 0.1) is 6.92 Å². The fraction of sp³-hybridized carbons (Fsp3) is 0.400. The third-order valence-electron chi connectivity index (χ3n) is 4.64. The number of fused-ring (bicyclic) bond motifs is 1. The maximum atomic E-state index is 12.8. The van der Waals surface area contributed by atoms with Gasteiger partial charge in [-0.2, -0.15) is 0 Å². The van der Waals surface area contributed by atoms with Crippen LogP contribution in [0.4, 0.5) is 0 Å². The first-order valence-corrected chi connectivity index (χ1v) is 10.5. The van der Waals surface area contributed by atoms with Gasteiger partial charge < -0.3 is 19.2 Å². The van der Waals surface area contributed by atoms with Gasteiger partial charge >= 0.3 is 0 Å². The number of para-hydroxylation sites is 2. The van der Waals surface area contributed by atoms with Gasteiger partial charge in [-0.15, -0.1) is 0 Å². The van der Waals surface area contributed by atoms with E-state index in [1.54, 1.807) is 6.20 Å². The van der Waals surface area contributed by atoms with E-state index in [2.05, 4.69) is 15.0 Å². The fourth-order valence-corrected chi connectivity index (χ4v) is 4.09. The molecule has 1 N–H and O–H groups in total. The summed E-state index contributed by atoms with van der Waals surface area (Å²) in [6.45, 7) is 6.59. The van der Waals surface area contributed by atoms with Crippen LogP contribution >= 0.6 is 0 Å². The standard InChI is InChI=1S/C20H23N3O4S/c1-13-17(12-28(24)19-22-15-6-4-5-7-16(15)23-19)21-9-8-18(13)27-14-10-25-20(2,3)26-11-14/h4-9,14H,10-12H2,1-3H3,(H,22,23). The Balaban J connectivity index is 1.48. The number of nitrogens with one attached hydrogen (secondary N) is 1. The number of H-pyrrole nitrogens is 1. The molecule has 0 spiro atoms. The molecule has 0 saturated carbocycles. The molecule has 1 aliphatic rings. The number of hydrogen-bond donors (Lipinski definition) is 1. The van der Waals surface area contributed by atoms with E-state index < -0.39 is 16.6 Å². The van der Waals surface area contributed by atoms with Crippen LogP contribution in [0.1, 0.15) is 25.1 Å². The lowest BCUT2D eigenvalue weighted by molar-refractivity contribution is -0.268. The number of aromatic amines is 1. The van der Waals surface area contributed by atoms with Gasteiger partial charge in [-0.3, -0.25) is 9.19 Å². The van der Waals surface area contributed by atoms with E-state index in [1.807, 2.05) is 51.1 Å². The van der Waals surface area contributed by atoms with E-state index in [1.165, 1.54) is 0 Å². The number of hydrogen-bond acceptors (Lipinski definition) is 6. The molecule has 1 aromatic carbocycles. The summed E-state index contributed by atoms with van der Waals surface area (Å²) in [4.78, 5) is 11.9. The summed E-state index contributed by atoms with van der Waals surface area (Å²) in [5.74, 6) is 0.374. The second-order valence-electron chi connectivity index (χ2n) is 7.19.